The molecule has 2 N–H and O–H groups in total. The minimum atomic E-state index is -2.79. The van der Waals surface area contributed by atoms with Crippen molar-refractivity contribution in [3.05, 3.63) is 29.3 Å². The lowest BCUT2D eigenvalue weighted by atomic mass is 10.1. The van der Waals surface area contributed by atoms with Gasteiger partial charge in [-0.1, -0.05) is 0 Å². The fraction of sp³-hybridized carbons (Fsp3) is 0.412. The molecule has 0 atom stereocenters. The van der Waals surface area contributed by atoms with Gasteiger partial charge in [-0.2, -0.15) is 24.1 Å². The number of ether oxygens (including phenoxy) is 1. The second-order valence-electron chi connectivity index (χ2n) is 6.37. The van der Waals surface area contributed by atoms with Crippen LogP contribution in [0.2, 0.25) is 0 Å². The molecule has 3 aromatic rings. The van der Waals surface area contributed by atoms with Crippen molar-refractivity contribution in [1.82, 2.24) is 24.7 Å². The van der Waals surface area contributed by atoms with E-state index in [1.165, 1.54) is 0 Å². The predicted octanol–water partition coefficient (Wildman–Crippen LogP) is 3.19. The smallest absolute Gasteiger partial charge is 0.345 e. The summed E-state index contributed by atoms with van der Waals surface area (Å²) in [5, 5.41) is 17.4. The zero-order valence-electron chi connectivity index (χ0n) is 14.5. The summed E-state index contributed by atoms with van der Waals surface area (Å²) in [7, 11) is 0. The number of fused-ring (bicyclic) bond motifs is 1. The molecule has 140 valence electrons. The van der Waals surface area contributed by atoms with Crippen molar-refractivity contribution in [2.75, 3.05) is 11.9 Å². The molecule has 4 rings (SSSR count). The number of hydrogen-bond donors (Lipinski definition) is 2. The van der Waals surface area contributed by atoms with Gasteiger partial charge in [-0.3, -0.25) is 4.68 Å². The Labute approximate surface area is 153 Å². The lowest BCUT2D eigenvalue weighted by molar-refractivity contribution is -0.130. The van der Waals surface area contributed by atoms with Gasteiger partial charge in [0.1, 0.15) is 11.7 Å². The Kier molecular flexibility index (Phi) is 4.45. The number of aromatic amines is 1. The number of nitriles is 1. The van der Waals surface area contributed by atoms with E-state index in [1.807, 2.05) is 6.92 Å². The number of halogens is 2. The first-order valence-corrected chi connectivity index (χ1v) is 8.55. The van der Waals surface area contributed by atoms with Crippen molar-refractivity contribution in [3.63, 3.8) is 0 Å². The normalized spacial score (nSPS) is 14.0. The van der Waals surface area contributed by atoms with Crippen LogP contribution in [0, 0.1) is 18.3 Å². The Hall–Kier alpha value is -3.06. The van der Waals surface area contributed by atoms with Crippen molar-refractivity contribution < 1.29 is 13.5 Å². The monoisotopic (exact) mass is 373 g/mol. The molecule has 0 saturated heterocycles. The van der Waals surface area contributed by atoms with E-state index in [9.17, 15) is 14.0 Å². The van der Waals surface area contributed by atoms with Crippen molar-refractivity contribution in [2.45, 2.75) is 38.8 Å². The first-order valence-electron chi connectivity index (χ1n) is 8.55. The van der Waals surface area contributed by atoms with Crippen LogP contribution < -0.4 is 5.32 Å². The highest BCUT2D eigenvalue weighted by molar-refractivity contribution is 5.86. The van der Waals surface area contributed by atoms with Gasteiger partial charge in [0.15, 0.2) is 0 Å². The van der Waals surface area contributed by atoms with E-state index in [-0.39, 0.29) is 13.2 Å². The number of nitrogens with zero attached hydrogens (tertiary/aromatic N) is 5. The fourth-order valence-electron chi connectivity index (χ4n) is 3.00. The molecule has 1 saturated carbocycles. The van der Waals surface area contributed by atoms with Gasteiger partial charge in [0.2, 0.25) is 5.95 Å². The van der Waals surface area contributed by atoms with Gasteiger partial charge in [-0.05, 0) is 19.8 Å². The van der Waals surface area contributed by atoms with Crippen LogP contribution in [-0.2, 0) is 11.3 Å². The van der Waals surface area contributed by atoms with E-state index in [0.717, 1.165) is 29.6 Å². The van der Waals surface area contributed by atoms with Gasteiger partial charge in [0.05, 0.1) is 47.4 Å². The van der Waals surface area contributed by atoms with E-state index < -0.39 is 6.61 Å². The molecule has 27 heavy (non-hydrogen) atoms. The average molecular weight is 373 g/mol. The van der Waals surface area contributed by atoms with Crippen LogP contribution in [0.25, 0.3) is 11.0 Å². The van der Waals surface area contributed by atoms with Crippen LogP contribution in [0.5, 0.6) is 0 Å². The van der Waals surface area contributed by atoms with Gasteiger partial charge < -0.3 is 15.0 Å². The number of hydrogen-bond acceptors (Lipinski definition) is 6. The van der Waals surface area contributed by atoms with E-state index in [2.05, 4.69) is 36.2 Å². The average Bonchev–Trinajstić information content (AvgIpc) is 3.33. The topological polar surface area (TPSA) is 104 Å². The molecule has 0 aliphatic heterocycles. The first kappa shape index (κ1) is 17.4. The maximum Gasteiger partial charge on any atom is 0.345 e. The number of anilines is 2. The number of aromatic nitrogens is 5. The van der Waals surface area contributed by atoms with Crippen LogP contribution in [0.4, 0.5) is 20.4 Å². The standard InChI is InChI=1S/C17H17F2N7O/c1-9-12(8-22-26(9)4-5-27-16(18)19)23-17-24-14(10-2-3-10)13-11(6-20)7-21-15(13)25-17/h7-8,10,16H,2-5H2,1H3,(H2,21,23,24,25). The summed E-state index contributed by atoms with van der Waals surface area (Å²) >= 11 is 0. The molecule has 0 radical (unpaired) electrons. The molecular weight excluding hydrogens is 356 g/mol. The quantitative estimate of drug-likeness (QED) is 0.659. The molecule has 0 bridgehead atoms. The lowest BCUT2D eigenvalue weighted by Crippen LogP contribution is -2.11. The number of H-pyrrole nitrogens is 1. The van der Waals surface area contributed by atoms with E-state index >= 15 is 0 Å². The first-order chi connectivity index (χ1) is 13.1. The molecule has 1 aliphatic rings. The Morgan fingerprint density at radius 1 is 1.44 bits per heavy atom. The molecule has 0 spiro atoms. The molecule has 1 fully saturated rings. The number of nitrogens with one attached hydrogen (secondary N) is 2. The van der Waals surface area contributed by atoms with Crippen LogP contribution in [0.1, 0.15) is 35.7 Å². The fourth-order valence-corrected chi connectivity index (χ4v) is 3.00. The van der Waals surface area contributed by atoms with Crippen molar-refractivity contribution in [2.24, 2.45) is 0 Å². The number of rotatable bonds is 7. The van der Waals surface area contributed by atoms with Crippen molar-refractivity contribution in [1.29, 1.82) is 5.26 Å². The van der Waals surface area contributed by atoms with Gasteiger partial charge in [-0.15, -0.1) is 0 Å². The van der Waals surface area contributed by atoms with Gasteiger partial charge >= 0.3 is 6.61 Å². The van der Waals surface area contributed by atoms with Crippen LogP contribution in [0.15, 0.2) is 12.4 Å². The highest BCUT2D eigenvalue weighted by Gasteiger charge is 2.29. The zero-order chi connectivity index (χ0) is 19.0. The molecule has 0 amide bonds. The summed E-state index contributed by atoms with van der Waals surface area (Å²) < 4.78 is 30.0. The summed E-state index contributed by atoms with van der Waals surface area (Å²) in [5.41, 5.74) is 3.47. The maximum atomic E-state index is 12.1. The van der Waals surface area contributed by atoms with Crippen LogP contribution in [-0.4, -0.2) is 38.0 Å². The predicted molar refractivity (Wildman–Crippen MR) is 92.8 cm³/mol. The van der Waals surface area contributed by atoms with Crippen molar-refractivity contribution >= 4 is 22.7 Å². The van der Waals surface area contributed by atoms with E-state index in [4.69, 9.17) is 0 Å². The molecule has 0 aromatic carbocycles. The van der Waals surface area contributed by atoms with E-state index in [0.29, 0.717) is 28.8 Å². The largest absolute Gasteiger partial charge is 0.345 e. The Morgan fingerprint density at radius 3 is 2.96 bits per heavy atom. The Morgan fingerprint density at radius 2 is 2.26 bits per heavy atom. The summed E-state index contributed by atoms with van der Waals surface area (Å²) in [4.78, 5) is 12.1. The minimum absolute atomic E-state index is 0.132. The zero-order valence-corrected chi connectivity index (χ0v) is 14.5. The minimum Gasteiger partial charge on any atom is -0.345 e. The maximum absolute atomic E-state index is 12.1. The summed E-state index contributed by atoms with van der Waals surface area (Å²) in [6.45, 7) is -0.889. The molecular formula is C17H17F2N7O. The lowest BCUT2D eigenvalue weighted by Gasteiger charge is -2.09. The van der Waals surface area contributed by atoms with Gasteiger partial charge in [0.25, 0.3) is 0 Å². The molecule has 3 heterocycles. The molecule has 0 unspecified atom stereocenters. The Balaban J connectivity index is 1.59. The van der Waals surface area contributed by atoms with Crippen LogP contribution >= 0.6 is 0 Å². The van der Waals surface area contributed by atoms with E-state index in [1.54, 1.807) is 17.1 Å². The second kappa shape index (κ2) is 6.92. The summed E-state index contributed by atoms with van der Waals surface area (Å²) in [6.07, 6.45) is 5.32. The molecule has 8 nitrogen and oxygen atoms in total. The van der Waals surface area contributed by atoms with Gasteiger partial charge in [-0.25, -0.2) is 4.98 Å². The summed E-state index contributed by atoms with van der Waals surface area (Å²) in [6, 6.07) is 2.17. The van der Waals surface area contributed by atoms with Crippen LogP contribution in [0.3, 0.4) is 0 Å². The third-order valence-corrected chi connectivity index (χ3v) is 4.54. The SMILES string of the molecule is Cc1c(Nc2nc(C3CC3)c3c(C#N)c[nH]c3n2)cnn1CCOC(F)F. The molecule has 3 aromatic heterocycles. The second-order valence-corrected chi connectivity index (χ2v) is 6.37. The third-order valence-electron chi connectivity index (χ3n) is 4.54. The summed E-state index contributed by atoms with van der Waals surface area (Å²) in [5.74, 6) is 0.747. The van der Waals surface area contributed by atoms with Crippen molar-refractivity contribution in [3.8, 4) is 6.07 Å². The number of alkyl halides is 2. The molecule has 1 aliphatic carbocycles. The highest BCUT2D eigenvalue weighted by atomic mass is 19.3. The Bertz CT molecular complexity index is 1020. The third kappa shape index (κ3) is 3.46. The van der Waals surface area contributed by atoms with Gasteiger partial charge in [0, 0.05) is 12.1 Å². The highest BCUT2D eigenvalue weighted by Crippen LogP contribution is 2.43. The molecule has 10 heteroatoms.